The van der Waals surface area contributed by atoms with Crippen molar-refractivity contribution in [3.63, 3.8) is 0 Å². The Kier molecular flexibility index (Phi) is 2.44. The molecule has 0 aromatic heterocycles. The van der Waals surface area contributed by atoms with Crippen molar-refractivity contribution in [1.82, 2.24) is 0 Å². The van der Waals surface area contributed by atoms with Gasteiger partial charge in [-0.05, 0) is 29.9 Å². The van der Waals surface area contributed by atoms with E-state index in [0.29, 0.717) is 11.1 Å². The monoisotopic (exact) mass is 174 g/mol. The molecule has 58 valence electrons. The highest BCUT2D eigenvalue weighted by molar-refractivity contribution is 7.27. The Hall–Kier alpha value is -1.37. The van der Waals surface area contributed by atoms with Gasteiger partial charge in [0.25, 0.3) is 0 Å². The van der Waals surface area contributed by atoms with Crippen LogP contribution in [0.2, 0.25) is 0 Å². The summed E-state index contributed by atoms with van der Waals surface area (Å²) in [5.41, 5.74) is 1.89. The molecular formula is C9H7N2P. The molecule has 1 unspecified atom stereocenters. The molecule has 0 aliphatic rings. The topological polar surface area (TPSA) is 47.6 Å². The summed E-state index contributed by atoms with van der Waals surface area (Å²) in [6.07, 6.45) is 0. The Morgan fingerprint density at radius 3 is 1.92 bits per heavy atom. The number of benzene rings is 1. The molecule has 2 nitrogen and oxygen atoms in total. The smallest absolute Gasteiger partial charge is 0.0995 e. The molecule has 3 heteroatoms. The average Bonchev–Trinajstić information content (AvgIpc) is 2.08. The zero-order chi connectivity index (χ0) is 9.14. The van der Waals surface area contributed by atoms with E-state index in [-0.39, 0.29) is 0 Å². The van der Waals surface area contributed by atoms with Gasteiger partial charge in [0, 0.05) is 0 Å². The third kappa shape index (κ3) is 1.45. The molecule has 1 rings (SSSR count). The van der Waals surface area contributed by atoms with Gasteiger partial charge >= 0.3 is 0 Å². The Morgan fingerprint density at radius 2 is 1.58 bits per heavy atom. The molecule has 0 N–H and O–H groups in total. The van der Waals surface area contributed by atoms with Crippen LogP contribution in [0.15, 0.2) is 12.1 Å². The molecule has 0 spiro atoms. The SMILES string of the molecule is Cc1c(C#N)cc(P)cc1C#N. The van der Waals surface area contributed by atoms with E-state index in [2.05, 4.69) is 9.24 Å². The molecule has 1 atom stereocenters. The van der Waals surface area contributed by atoms with Crippen molar-refractivity contribution in [1.29, 1.82) is 10.5 Å². The molecule has 0 saturated heterocycles. The first-order chi connectivity index (χ1) is 5.69. The second kappa shape index (κ2) is 3.35. The van der Waals surface area contributed by atoms with E-state index in [9.17, 15) is 0 Å². The minimum Gasteiger partial charge on any atom is -0.192 e. The average molecular weight is 174 g/mol. The summed E-state index contributed by atoms with van der Waals surface area (Å²) in [7, 11) is 2.48. The molecule has 0 heterocycles. The van der Waals surface area contributed by atoms with Crippen LogP contribution < -0.4 is 5.30 Å². The number of hydrogen-bond acceptors (Lipinski definition) is 2. The van der Waals surface area contributed by atoms with Gasteiger partial charge in [0.05, 0.1) is 23.3 Å². The fourth-order valence-electron chi connectivity index (χ4n) is 0.969. The molecule has 0 amide bonds. The summed E-state index contributed by atoms with van der Waals surface area (Å²) < 4.78 is 0. The third-order valence-electron chi connectivity index (χ3n) is 1.67. The molecule has 0 fully saturated rings. The predicted octanol–water partition coefficient (Wildman–Crippen LogP) is 1.24. The van der Waals surface area contributed by atoms with Crippen LogP contribution in [0, 0.1) is 29.6 Å². The lowest BCUT2D eigenvalue weighted by atomic mass is 10.0. The van der Waals surface area contributed by atoms with Gasteiger partial charge in [-0.25, -0.2) is 0 Å². The van der Waals surface area contributed by atoms with Crippen molar-refractivity contribution >= 4 is 14.5 Å². The Morgan fingerprint density at radius 1 is 1.17 bits per heavy atom. The third-order valence-corrected chi connectivity index (χ3v) is 2.00. The van der Waals surface area contributed by atoms with Crippen LogP contribution in [0.4, 0.5) is 0 Å². The van der Waals surface area contributed by atoms with Gasteiger partial charge in [-0.15, -0.1) is 9.24 Å². The van der Waals surface area contributed by atoms with Crippen LogP contribution in [0.5, 0.6) is 0 Å². The van der Waals surface area contributed by atoms with Gasteiger partial charge in [0.15, 0.2) is 0 Å². The first-order valence-corrected chi connectivity index (χ1v) is 3.97. The van der Waals surface area contributed by atoms with Gasteiger partial charge in [0.1, 0.15) is 0 Å². The normalized spacial score (nSPS) is 8.67. The molecule has 0 saturated carbocycles. The largest absolute Gasteiger partial charge is 0.192 e. The van der Waals surface area contributed by atoms with Crippen LogP contribution in [-0.2, 0) is 0 Å². The van der Waals surface area contributed by atoms with E-state index in [4.69, 9.17) is 10.5 Å². The van der Waals surface area contributed by atoms with E-state index in [1.54, 1.807) is 19.1 Å². The predicted molar refractivity (Wildman–Crippen MR) is 50.0 cm³/mol. The van der Waals surface area contributed by atoms with Crippen molar-refractivity contribution in [2.45, 2.75) is 6.92 Å². The lowest BCUT2D eigenvalue weighted by molar-refractivity contribution is 1.36. The van der Waals surface area contributed by atoms with E-state index >= 15 is 0 Å². The second-order valence-corrected chi connectivity index (χ2v) is 3.13. The lowest BCUT2D eigenvalue weighted by Crippen LogP contribution is -1.98. The Bertz CT molecular complexity index is 361. The van der Waals surface area contributed by atoms with Crippen LogP contribution in [-0.4, -0.2) is 0 Å². The highest BCUT2D eigenvalue weighted by Gasteiger charge is 2.03. The van der Waals surface area contributed by atoms with Crippen LogP contribution in [0.3, 0.4) is 0 Å². The first-order valence-electron chi connectivity index (χ1n) is 3.39. The van der Waals surface area contributed by atoms with Crippen molar-refractivity contribution in [2.75, 3.05) is 0 Å². The molecular weight excluding hydrogens is 167 g/mol. The zero-order valence-corrected chi connectivity index (χ0v) is 7.78. The minimum absolute atomic E-state index is 0.569. The zero-order valence-electron chi connectivity index (χ0n) is 6.63. The van der Waals surface area contributed by atoms with Crippen molar-refractivity contribution < 1.29 is 0 Å². The Labute approximate surface area is 73.6 Å². The maximum absolute atomic E-state index is 8.69. The van der Waals surface area contributed by atoms with E-state index in [0.717, 1.165) is 10.9 Å². The first kappa shape index (κ1) is 8.72. The quantitative estimate of drug-likeness (QED) is 0.555. The molecule has 0 aliphatic heterocycles. The number of nitrogens with zero attached hydrogens (tertiary/aromatic N) is 2. The lowest BCUT2D eigenvalue weighted by Gasteiger charge is -2.00. The van der Waals surface area contributed by atoms with Gasteiger partial charge in [-0.3, -0.25) is 0 Å². The second-order valence-electron chi connectivity index (χ2n) is 2.46. The summed E-state index contributed by atoms with van der Waals surface area (Å²) in [5.74, 6) is 0. The summed E-state index contributed by atoms with van der Waals surface area (Å²) in [6, 6.07) is 7.59. The van der Waals surface area contributed by atoms with Gasteiger partial charge in [-0.1, -0.05) is 0 Å². The van der Waals surface area contributed by atoms with Crippen LogP contribution in [0.1, 0.15) is 16.7 Å². The number of nitriles is 2. The van der Waals surface area contributed by atoms with Gasteiger partial charge in [-0.2, -0.15) is 10.5 Å². The molecule has 0 bridgehead atoms. The van der Waals surface area contributed by atoms with Crippen molar-refractivity contribution in [3.8, 4) is 12.1 Å². The fourth-order valence-corrected chi connectivity index (χ4v) is 1.30. The fraction of sp³-hybridized carbons (Fsp3) is 0.111. The standard InChI is InChI=1S/C9H7N2P/c1-6-7(4-10)2-9(12)3-8(6)5-11/h2-3H,12H2,1H3. The summed E-state index contributed by atoms with van der Waals surface area (Å²) in [4.78, 5) is 0. The van der Waals surface area contributed by atoms with Gasteiger partial charge < -0.3 is 0 Å². The van der Waals surface area contributed by atoms with Crippen molar-refractivity contribution in [3.05, 3.63) is 28.8 Å². The Balaban J connectivity index is 3.48. The molecule has 12 heavy (non-hydrogen) atoms. The van der Waals surface area contributed by atoms with E-state index < -0.39 is 0 Å². The van der Waals surface area contributed by atoms with Crippen molar-refractivity contribution in [2.24, 2.45) is 0 Å². The summed E-state index contributed by atoms with van der Waals surface area (Å²) in [5, 5.41) is 18.3. The van der Waals surface area contributed by atoms with E-state index in [1.165, 1.54) is 0 Å². The summed E-state index contributed by atoms with van der Waals surface area (Å²) in [6.45, 7) is 1.78. The van der Waals surface area contributed by atoms with Crippen LogP contribution >= 0.6 is 9.24 Å². The molecule has 0 radical (unpaired) electrons. The molecule has 1 aromatic rings. The molecule has 1 aromatic carbocycles. The molecule has 0 aliphatic carbocycles. The summed E-state index contributed by atoms with van der Waals surface area (Å²) >= 11 is 0. The van der Waals surface area contributed by atoms with Gasteiger partial charge in [0.2, 0.25) is 0 Å². The van der Waals surface area contributed by atoms with E-state index in [1.807, 2.05) is 12.1 Å². The number of rotatable bonds is 0. The maximum atomic E-state index is 8.69. The highest BCUT2D eigenvalue weighted by atomic mass is 31.0. The highest BCUT2D eigenvalue weighted by Crippen LogP contribution is 2.11. The number of hydrogen-bond donors (Lipinski definition) is 0. The van der Waals surface area contributed by atoms with Crippen LogP contribution in [0.25, 0.3) is 0 Å². The minimum atomic E-state index is 0.569. The maximum Gasteiger partial charge on any atom is 0.0995 e.